The van der Waals surface area contributed by atoms with Crippen molar-refractivity contribution in [3.63, 3.8) is 0 Å². The standard InChI is InChI=1S/C16H17ClN4O2S/c17-14-2-1-13(24-14)15(22)21-4-3-11-9-18-16(19-12(11)10-21)20-5-7-23-8-6-20/h1-2,9H,3-8,10H2. The number of thiophene rings is 1. The zero-order valence-electron chi connectivity index (χ0n) is 13.1. The molecule has 4 heterocycles. The minimum absolute atomic E-state index is 0.0177. The van der Waals surface area contributed by atoms with E-state index in [1.165, 1.54) is 11.3 Å². The Balaban J connectivity index is 1.53. The minimum Gasteiger partial charge on any atom is -0.378 e. The van der Waals surface area contributed by atoms with E-state index in [4.69, 9.17) is 21.3 Å². The summed E-state index contributed by atoms with van der Waals surface area (Å²) in [6.45, 7) is 4.20. The third-order valence-corrected chi connectivity index (χ3v) is 5.52. The molecule has 1 saturated heterocycles. The number of anilines is 1. The van der Waals surface area contributed by atoms with Gasteiger partial charge in [-0.15, -0.1) is 11.3 Å². The Bertz CT molecular complexity index is 760. The van der Waals surface area contributed by atoms with Crippen LogP contribution in [0.4, 0.5) is 5.95 Å². The molecule has 0 bridgehead atoms. The number of hydrogen-bond donors (Lipinski definition) is 0. The van der Waals surface area contributed by atoms with Gasteiger partial charge < -0.3 is 14.5 Å². The molecule has 0 radical (unpaired) electrons. The molecule has 2 aliphatic heterocycles. The lowest BCUT2D eigenvalue weighted by atomic mass is 10.1. The molecule has 0 atom stereocenters. The molecule has 0 spiro atoms. The number of morpholine rings is 1. The number of hydrogen-bond acceptors (Lipinski definition) is 6. The molecule has 0 aromatic carbocycles. The lowest BCUT2D eigenvalue weighted by molar-refractivity contribution is 0.0736. The zero-order valence-corrected chi connectivity index (χ0v) is 14.6. The second-order valence-corrected chi connectivity index (χ2v) is 7.54. The van der Waals surface area contributed by atoms with Crippen LogP contribution in [-0.2, 0) is 17.7 Å². The summed E-state index contributed by atoms with van der Waals surface area (Å²) in [5, 5.41) is 0. The monoisotopic (exact) mass is 364 g/mol. The van der Waals surface area contributed by atoms with Crippen LogP contribution in [-0.4, -0.2) is 53.6 Å². The molecule has 2 aromatic rings. The predicted molar refractivity (Wildman–Crippen MR) is 92.8 cm³/mol. The van der Waals surface area contributed by atoms with E-state index in [1.54, 1.807) is 12.1 Å². The molecule has 4 rings (SSSR count). The average molecular weight is 365 g/mol. The Morgan fingerprint density at radius 3 is 2.83 bits per heavy atom. The van der Waals surface area contributed by atoms with Crippen molar-refractivity contribution in [1.82, 2.24) is 14.9 Å². The Morgan fingerprint density at radius 2 is 2.08 bits per heavy atom. The van der Waals surface area contributed by atoms with Crippen molar-refractivity contribution in [2.75, 3.05) is 37.7 Å². The summed E-state index contributed by atoms with van der Waals surface area (Å²) in [4.78, 5) is 26.5. The normalized spacial score (nSPS) is 17.7. The fourth-order valence-electron chi connectivity index (χ4n) is 2.97. The largest absolute Gasteiger partial charge is 0.378 e. The van der Waals surface area contributed by atoms with Gasteiger partial charge in [-0.05, 0) is 24.1 Å². The SMILES string of the molecule is O=C(c1ccc(Cl)s1)N1CCc2cnc(N3CCOCC3)nc2C1. The van der Waals surface area contributed by atoms with Crippen LogP contribution in [0, 0.1) is 0 Å². The number of nitrogens with zero attached hydrogens (tertiary/aromatic N) is 4. The third-order valence-electron chi connectivity index (χ3n) is 4.30. The van der Waals surface area contributed by atoms with Crippen LogP contribution in [0.1, 0.15) is 20.9 Å². The van der Waals surface area contributed by atoms with Crippen molar-refractivity contribution in [3.8, 4) is 0 Å². The highest BCUT2D eigenvalue weighted by Crippen LogP contribution is 2.26. The zero-order chi connectivity index (χ0) is 16.5. The number of amides is 1. The Morgan fingerprint density at radius 1 is 1.25 bits per heavy atom. The molecule has 1 fully saturated rings. The van der Waals surface area contributed by atoms with Gasteiger partial charge in [0.05, 0.1) is 34.7 Å². The number of fused-ring (bicyclic) bond motifs is 1. The van der Waals surface area contributed by atoms with E-state index in [-0.39, 0.29) is 5.91 Å². The van der Waals surface area contributed by atoms with Crippen LogP contribution in [0.15, 0.2) is 18.3 Å². The molecule has 0 N–H and O–H groups in total. The van der Waals surface area contributed by atoms with Crippen LogP contribution in [0.25, 0.3) is 0 Å². The number of rotatable bonds is 2. The number of ether oxygens (including phenoxy) is 1. The summed E-state index contributed by atoms with van der Waals surface area (Å²) in [7, 11) is 0. The van der Waals surface area contributed by atoms with Gasteiger partial charge in [0, 0.05) is 25.8 Å². The predicted octanol–water partition coefficient (Wildman–Crippen LogP) is 2.23. The fraction of sp³-hybridized carbons (Fsp3) is 0.438. The molecule has 2 aliphatic rings. The van der Waals surface area contributed by atoms with Crippen molar-refractivity contribution in [2.24, 2.45) is 0 Å². The number of carbonyl (C=O) groups is 1. The van der Waals surface area contributed by atoms with E-state index in [2.05, 4.69) is 9.88 Å². The van der Waals surface area contributed by atoms with Gasteiger partial charge in [0.25, 0.3) is 5.91 Å². The van der Waals surface area contributed by atoms with Crippen LogP contribution < -0.4 is 4.90 Å². The van der Waals surface area contributed by atoms with Gasteiger partial charge in [-0.25, -0.2) is 9.97 Å². The van der Waals surface area contributed by atoms with Crippen molar-refractivity contribution >= 4 is 34.8 Å². The second-order valence-electron chi connectivity index (χ2n) is 5.82. The summed E-state index contributed by atoms with van der Waals surface area (Å²) in [6.07, 6.45) is 2.68. The van der Waals surface area contributed by atoms with Gasteiger partial charge in [-0.1, -0.05) is 11.6 Å². The highest BCUT2D eigenvalue weighted by Gasteiger charge is 2.25. The van der Waals surface area contributed by atoms with Gasteiger partial charge in [0.2, 0.25) is 5.95 Å². The molecule has 6 nitrogen and oxygen atoms in total. The first-order valence-electron chi connectivity index (χ1n) is 7.93. The van der Waals surface area contributed by atoms with Crippen molar-refractivity contribution in [3.05, 3.63) is 38.8 Å². The number of carbonyl (C=O) groups excluding carboxylic acids is 1. The van der Waals surface area contributed by atoms with Gasteiger partial charge in [0.1, 0.15) is 0 Å². The number of aromatic nitrogens is 2. The average Bonchev–Trinajstić information content (AvgIpc) is 3.07. The summed E-state index contributed by atoms with van der Waals surface area (Å²) < 4.78 is 6.01. The molecule has 8 heteroatoms. The summed E-state index contributed by atoms with van der Waals surface area (Å²) in [5.74, 6) is 0.745. The summed E-state index contributed by atoms with van der Waals surface area (Å²) in [5.41, 5.74) is 2.06. The Hall–Kier alpha value is -1.70. The molecular formula is C16H17ClN4O2S. The van der Waals surface area contributed by atoms with Crippen LogP contribution >= 0.6 is 22.9 Å². The first-order chi connectivity index (χ1) is 11.7. The molecule has 126 valence electrons. The molecule has 0 unspecified atom stereocenters. The molecular weight excluding hydrogens is 348 g/mol. The maximum absolute atomic E-state index is 12.6. The van der Waals surface area contributed by atoms with Gasteiger partial charge in [-0.2, -0.15) is 0 Å². The van der Waals surface area contributed by atoms with Gasteiger partial charge >= 0.3 is 0 Å². The molecule has 0 aliphatic carbocycles. The molecule has 0 saturated carbocycles. The van der Waals surface area contributed by atoms with Crippen molar-refractivity contribution in [1.29, 1.82) is 0 Å². The van der Waals surface area contributed by atoms with E-state index in [0.717, 1.165) is 36.7 Å². The van der Waals surface area contributed by atoms with Crippen LogP contribution in [0.2, 0.25) is 4.34 Å². The van der Waals surface area contributed by atoms with Crippen LogP contribution in [0.3, 0.4) is 0 Å². The maximum Gasteiger partial charge on any atom is 0.264 e. The fourth-order valence-corrected chi connectivity index (χ4v) is 3.98. The van der Waals surface area contributed by atoms with Crippen LogP contribution in [0.5, 0.6) is 0 Å². The topological polar surface area (TPSA) is 58.6 Å². The highest BCUT2D eigenvalue weighted by molar-refractivity contribution is 7.17. The summed E-state index contributed by atoms with van der Waals surface area (Å²) in [6, 6.07) is 3.54. The molecule has 2 aromatic heterocycles. The first-order valence-corrected chi connectivity index (χ1v) is 9.12. The smallest absolute Gasteiger partial charge is 0.264 e. The maximum atomic E-state index is 12.6. The van der Waals surface area contributed by atoms with Crippen molar-refractivity contribution in [2.45, 2.75) is 13.0 Å². The summed E-state index contributed by atoms with van der Waals surface area (Å²) >= 11 is 7.26. The second kappa shape index (κ2) is 6.66. The first kappa shape index (κ1) is 15.8. The van der Waals surface area contributed by atoms with Crippen molar-refractivity contribution < 1.29 is 9.53 Å². The lowest BCUT2D eigenvalue weighted by Gasteiger charge is -2.30. The van der Waals surface area contributed by atoms with Gasteiger partial charge in [-0.3, -0.25) is 4.79 Å². The van der Waals surface area contributed by atoms with E-state index < -0.39 is 0 Å². The lowest BCUT2D eigenvalue weighted by Crippen LogP contribution is -2.39. The third kappa shape index (κ3) is 3.11. The van der Waals surface area contributed by atoms with E-state index in [1.807, 2.05) is 11.1 Å². The minimum atomic E-state index is 0.0177. The number of halogens is 1. The van der Waals surface area contributed by atoms with E-state index in [9.17, 15) is 4.79 Å². The molecule has 24 heavy (non-hydrogen) atoms. The van der Waals surface area contributed by atoms with E-state index in [0.29, 0.717) is 35.5 Å². The Labute approximate surface area is 149 Å². The Kier molecular flexibility index (Phi) is 4.39. The highest BCUT2D eigenvalue weighted by atomic mass is 35.5. The van der Waals surface area contributed by atoms with E-state index >= 15 is 0 Å². The van der Waals surface area contributed by atoms with Gasteiger partial charge in [0.15, 0.2) is 0 Å². The quantitative estimate of drug-likeness (QED) is 0.817. The molecule has 1 amide bonds.